The summed E-state index contributed by atoms with van der Waals surface area (Å²) in [5.74, 6) is -0.143. The molecule has 0 aromatic carbocycles. The highest BCUT2D eigenvalue weighted by Crippen LogP contribution is 2.19. The van der Waals surface area contributed by atoms with Gasteiger partial charge in [-0.3, -0.25) is 4.84 Å². The standard InChI is InChI=1S/C16H32F2N2O3.C6H13NO.C4H10.2C2H6.2H3N/c1-5-9-12-14(11-7-3)22-20(18)15(13-10-6-2)16(21)23-19(17)8-4;1-6(2,3)5(7)4-8;1-4(2)3;2*1-2;;/h14-15H,5-13H2,1-4H3;4-5H,7H2,1-3H3;4H,1-3H3;2*1-2H3;2*1H3. The molecule has 41 heavy (non-hydrogen) atoms. The highest BCUT2D eigenvalue weighted by molar-refractivity contribution is 5.75. The molecule has 0 saturated heterocycles. The quantitative estimate of drug-likeness (QED) is 0.0940. The van der Waals surface area contributed by atoms with Crippen LogP contribution in [0.5, 0.6) is 0 Å². The molecule has 11 heteroatoms. The zero-order valence-corrected chi connectivity index (χ0v) is 29.5. The van der Waals surface area contributed by atoms with Crippen LogP contribution in [0.2, 0.25) is 0 Å². The molecule has 0 bridgehead atoms. The Balaban J connectivity index is -0.000000107. The van der Waals surface area contributed by atoms with Gasteiger partial charge in [0, 0.05) is 5.29 Å². The van der Waals surface area contributed by atoms with Crippen molar-refractivity contribution in [2.75, 3.05) is 6.54 Å². The van der Waals surface area contributed by atoms with Crippen LogP contribution in [0.4, 0.5) is 8.96 Å². The van der Waals surface area contributed by atoms with E-state index in [1.807, 2.05) is 62.3 Å². The molecule has 0 rings (SSSR count). The Labute approximate surface area is 253 Å². The van der Waals surface area contributed by atoms with Crippen LogP contribution in [-0.2, 0) is 19.3 Å². The highest BCUT2D eigenvalue weighted by Gasteiger charge is 2.32. The number of rotatable bonds is 15. The number of halogens is 2. The second kappa shape index (κ2) is 38.8. The first-order chi connectivity index (χ1) is 18.2. The molecule has 8 N–H and O–H groups in total. The van der Waals surface area contributed by atoms with E-state index in [4.69, 9.17) is 10.6 Å². The lowest BCUT2D eigenvalue weighted by Gasteiger charge is -2.26. The predicted molar refractivity (Wildman–Crippen MR) is 172 cm³/mol. The molecule has 0 aromatic heterocycles. The van der Waals surface area contributed by atoms with Crippen molar-refractivity contribution in [3.63, 3.8) is 0 Å². The van der Waals surface area contributed by atoms with E-state index < -0.39 is 12.0 Å². The minimum atomic E-state index is -1.25. The van der Waals surface area contributed by atoms with Crippen molar-refractivity contribution in [3.05, 3.63) is 0 Å². The van der Waals surface area contributed by atoms with E-state index >= 15 is 0 Å². The molecular weight excluding hydrogens is 532 g/mol. The lowest BCUT2D eigenvalue weighted by atomic mass is 9.89. The molecule has 0 saturated carbocycles. The minimum absolute atomic E-state index is 0. The van der Waals surface area contributed by atoms with Crippen molar-refractivity contribution in [2.45, 2.75) is 166 Å². The Morgan fingerprint density at radius 2 is 1.27 bits per heavy atom. The predicted octanol–water partition coefficient (Wildman–Crippen LogP) is 9.28. The number of hydroxylamine groups is 2. The van der Waals surface area contributed by atoms with Gasteiger partial charge >= 0.3 is 5.97 Å². The molecule has 0 radical (unpaired) electrons. The molecular formula is C30H73F2N5O4. The number of carbonyl (C=O) groups is 2. The normalized spacial score (nSPS) is 12.2. The van der Waals surface area contributed by atoms with Gasteiger partial charge in [-0.05, 0) is 42.8 Å². The second-order valence-electron chi connectivity index (χ2n) is 10.4. The van der Waals surface area contributed by atoms with E-state index in [-0.39, 0.29) is 53.4 Å². The van der Waals surface area contributed by atoms with Gasteiger partial charge in [0.15, 0.2) is 6.04 Å². The molecule has 3 atom stereocenters. The van der Waals surface area contributed by atoms with Crippen molar-refractivity contribution in [1.82, 2.24) is 22.9 Å². The maximum atomic E-state index is 14.4. The highest BCUT2D eigenvalue weighted by atomic mass is 19.2. The zero-order valence-electron chi connectivity index (χ0n) is 29.5. The Morgan fingerprint density at radius 3 is 1.56 bits per heavy atom. The largest absolute Gasteiger partial charge is 0.350 e. The number of carbonyl (C=O) groups excluding carboxylic acids is 2. The van der Waals surface area contributed by atoms with Crippen LogP contribution in [-0.4, -0.2) is 47.6 Å². The number of nitrogens with zero attached hydrogens (tertiary/aromatic N) is 2. The van der Waals surface area contributed by atoms with Crippen LogP contribution in [0.15, 0.2) is 0 Å². The first-order valence-electron chi connectivity index (χ1n) is 15.2. The molecule has 0 aromatic rings. The summed E-state index contributed by atoms with van der Waals surface area (Å²) in [7, 11) is 0. The van der Waals surface area contributed by atoms with Crippen molar-refractivity contribution in [3.8, 4) is 0 Å². The maximum absolute atomic E-state index is 14.4. The molecule has 256 valence electrons. The van der Waals surface area contributed by atoms with Gasteiger partial charge in [0.2, 0.25) is 0 Å². The van der Waals surface area contributed by atoms with Crippen molar-refractivity contribution < 1.29 is 28.2 Å². The molecule has 3 unspecified atom stereocenters. The van der Waals surface area contributed by atoms with Crippen LogP contribution in [0, 0.1) is 11.3 Å². The lowest BCUT2D eigenvalue weighted by molar-refractivity contribution is -0.337. The van der Waals surface area contributed by atoms with Crippen LogP contribution in [0.25, 0.3) is 0 Å². The number of aldehydes is 1. The first-order valence-corrected chi connectivity index (χ1v) is 15.2. The van der Waals surface area contributed by atoms with Crippen LogP contribution in [0.3, 0.4) is 0 Å². The maximum Gasteiger partial charge on any atom is 0.350 e. The fraction of sp³-hybridized carbons (Fsp3) is 0.933. The van der Waals surface area contributed by atoms with Gasteiger partial charge in [0.25, 0.3) is 0 Å². The average molecular weight is 606 g/mol. The summed E-state index contributed by atoms with van der Waals surface area (Å²) >= 11 is 0. The number of nitrogens with two attached hydrogens (primary N) is 1. The van der Waals surface area contributed by atoms with Gasteiger partial charge in [-0.2, -0.15) is 0 Å². The SMILES string of the molecule is CC.CC.CC(C)(C)C(N)C=O.CC(C)C.CCCCC(CCC)ON(F)C(CCCC)C(=O)ON(F)CC.N.N. The Bertz CT molecular complexity index is 511. The summed E-state index contributed by atoms with van der Waals surface area (Å²) < 4.78 is 27.5. The molecule has 0 aliphatic heterocycles. The molecule has 9 nitrogen and oxygen atoms in total. The van der Waals surface area contributed by atoms with E-state index in [1.165, 1.54) is 6.92 Å². The second-order valence-corrected chi connectivity index (χ2v) is 10.4. The van der Waals surface area contributed by atoms with Gasteiger partial charge in [-0.1, -0.05) is 127 Å². The summed E-state index contributed by atoms with van der Waals surface area (Å²) in [4.78, 5) is 31.8. The molecule has 0 heterocycles. The van der Waals surface area contributed by atoms with Crippen LogP contribution < -0.4 is 18.0 Å². The third-order valence-corrected chi connectivity index (χ3v) is 4.67. The van der Waals surface area contributed by atoms with E-state index in [0.29, 0.717) is 12.8 Å². The third kappa shape index (κ3) is 41.0. The third-order valence-electron chi connectivity index (χ3n) is 4.67. The summed E-state index contributed by atoms with van der Waals surface area (Å²) in [6.45, 7) is 27.7. The van der Waals surface area contributed by atoms with Gasteiger partial charge in [0.05, 0.1) is 18.7 Å². The monoisotopic (exact) mass is 606 g/mol. The molecule has 0 aliphatic carbocycles. The first kappa shape index (κ1) is 55.7. The number of hydrogen-bond acceptors (Lipinski definition) is 9. The minimum Gasteiger partial charge on any atom is -0.344 e. The fourth-order valence-corrected chi connectivity index (χ4v) is 2.35. The van der Waals surface area contributed by atoms with Crippen LogP contribution >= 0.6 is 0 Å². The van der Waals surface area contributed by atoms with E-state index in [1.54, 1.807) is 0 Å². The zero-order chi connectivity index (χ0) is 32.0. The summed E-state index contributed by atoms with van der Waals surface area (Å²) in [6, 6.07) is -1.58. The van der Waals surface area contributed by atoms with E-state index in [0.717, 1.165) is 44.3 Å². The smallest absolute Gasteiger partial charge is 0.344 e. The van der Waals surface area contributed by atoms with Crippen LogP contribution in [0.1, 0.15) is 148 Å². The Kier molecular flexibility index (Phi) is 52.6. The van der Waals surface area contributed by atoms with Crippen molar-refractivity contribution in [1.29, 1.82) is 0 Å². The van der Waals surface area contributed by atoms with Gasteiger partial charge in [0.1, 0.15) is 6.29 Å². The van der Waals surface area contributed by atoms with Crippen molar-refractivity contribution in [2.24, 2.45) is 17.1 Å². The van der Waals surface area contributed by atoms with E-state index in [9.17, 15) is 18.6 Å². The Hall–Kier alpha value is -1.24. The van der Waals surface area contributed by atoms with Crippen molar-refractivity contribution >= 4 is 12.3 Å². The molecule has 0 fully saturated rings. The molecule has 0 aliphatic rings. The topological polar surface area (TPSA) is 155 Å². The van der Waals surface area contributed by atoms with Gasteiger partial charge in [-0.15, -0.1) is 4.48 Å². The summed E-state index contributed by atoms with van der Waals surface area (Å²) in [5.41, 5.74) is 5.30. The number of hydrogen-bond donors (Lipinski definition) is 3. The van der Waals surface area contributed by atoms with Gasteiger partial charge in [-0.25, -0.2) is 4.79 Å². The lowest BCUT2D eigenvalue weighted by Crippen LogP contribution is -2.41. The van der Waals surface area contributed by atoms with E-state index in [2.05, 4.69) is 32.5 Å². The summed E-state index contributed by atoms with van der Waals surface area (Å²) in [6.07, 6.45) is 6.34. The average Bonchev–Trinajstić information content (AvgIpc) is 2.88. The molecule has 0 amide bonds. The number of unbranched alkanes of at least 4 members (excludes halogenated alkanes) is 2. The van der Waals surface area contributed by atoms with Gasteiger partial charge < -0.3 is 27.7 Å². The summed E-state index contributed by atoms with van der Waals surface area (Å²) in [5, 5.41) is -0.0345. The fourth-order valence-electron chi connectivity index (χ4n) is 2.35. The molecule has 0 spiro atoms. The Morgan fingerprint density at radius 1 is 0.854 bits per heavy atom.